The van der Waals surface area contributed by atoms with Crippen LogP contribution in [0.25, 0.3) is 0 Å². The largest absolute Gasteiger partial charge is 0.526 e. The van der Waals surface area contributed by atoms with Gasteiger partial charge in [-0.3, -0.25) is 28.4 Å². The molecule has 1 unspecified atom stereocenters. The fourth-order valence-electron chi connectivity index (χ4n) is 0.953. The lowest BCUT2D eigenvalue weighted by atomic mass is 10.1. The van der Waals surface area contributed by atoms with Crippen LogP contribution in [-0.4, -0.2) is 121 Å². The summed E-state index contributed by atoms with van der Waals surface area (Å²) in [5, 5.41) is 34.5. The van der Waals surface area contributed by atoms with Crippen molar-refractivity contribution in [2.24, 2.45) is 0 Å². The average molecular weight is 638 g/mol. The van der Waals surface area contributed by atoms with E-state index in [-0.39, 0.29) is 6.29 Å². The van der Waals surface area contributed by atoms with Crippen LogP contribution in [0.2, 0.25) is 0 Å². The highest BCUT2D eigenvalue weighted by Crippen LogP contribution is 2.36. The number of hydrogen-bond acceptors (Lipinski definition) is 14. The van der Waals surface area contributed by atoms with E-state index in [1.165, 1.54) is 0 Å². The Morgan fingerprint density at radius 3 is 1.32 bits per heavy atom. The minimum atomic E-state index is -4.74. The van der Waals surface area contributed by atoms with Crippen molar-refractivity contribution in [3.05, 3.63) is 0 Å². The third-order valence-electron chi connectivity index (χ3n) is 2.08. The Morgan fingerprint density at radius 2 is 1.11 bits per heavy atom. The van der Waals surface area contributed by atoms with Crippen molar-refractivity contribution in [2.45, 2.75) is 25.2 Å². The topological polar surface area (TPSA) is 410 Å². The SMILES string of the molecule is CC(=O)OP(=O)(O)O.O=C(CO)[C@@H](O)[C@H](O)COP(=O)(O)O.O=CC(O)COP(=O)(O)O.O=P(O)(O)O. The zero-order valence-electron chi connectivity index (χ0n) is 18.1. The van der Waals surface area contributed by atoms with Gasteiger partial charge in [-0.15, -0.1) is 0 Å². The number of ketones is 1. The summed E-state index contributed by atoms with van der Waals surface area (Å²) >= 11 is 0. The van der Waals surface area contributed by atoms with Crippen LogP contribution >= 0.6 is 31.3 Å². The molecule has 0 heterocycles. The van der Waals surface area contributed by atoms with Crippen molar-refractivity contribution in [1.29, 1.82) is 0 Å². The molecule has 0 bridgehead atoms. The number of carbonyl (C=O) groups is 3. The predicted molar refractivity (Wildman–Crippen MR) is 110 cm³/mol. The van der Waals surface area contributed by atoms with Gasteiger partial charge in [0.05, 0.1) is 13.2 Å². The highest BCUT2D eigenvalue weighted by atomic mass is 31.2. The number of aliphatic hydroxyl groups is 4. The smallest absolute Gasteiger partial charge is 0.388 e. The number of phosphoric ester groups is 3. The van der Waals surface area contributed by atoms with E-state index >= 15 is 0 Å². The van der Waals surface area contributed by atoms with Crippen molar-refractivity contribution in [3.8, 4) is 0 Å². The van der Waals surface area contributed by atoms with Gasteiger partial charge in [-0.2, -0.15) is 0 Å². The van der Waals surface area contributed by atoms with E-state index in [1.807, 2.05) is 0 Å². The maximum absolute atomic E-state index is 10.6. The number of hydrogen-bond donors (Lipinski definition) is 13. The number of phosphoric acid groups is 4. The molecule has 0 amide bonds. The van der Waals surface area contributed by atoms with Gasteiger partial charge in [0.2, 0.25) is 0 Å². The Balaban J connectivity index is -0.000000209. The molecule has 23 nitrogen and oxygen atoms in total. The fourth-order valence-corrected chi connectivity index (χ4v) is 1.98. The highest BCUT2D eigenvalue weighted by Gasteiger charge is 2.26. The predicted octanol–water partition coefficient (Wildman–Crippen LogP) is -5.25. The number of carbonyl (C=O) groups excluding carboxylic acids is 3. The first-order valence-electron chi connectivity index (χ1n) is 8.22. The molecule has 0 aliphatic heterocycles. The van der Waals surface area contributed by atoms with Gasteiger partial charge in [0.1, 0.15) is 24.9 Å². The van der Waals surface area contributed by atoms with Gasteiger partial charge in [0, 0.05) is 6.92 Å². The molecule has 0 radical (unpaired) electrons. The monoisotopic (exact) mass is 638 g/mol. The summed E-state index contributed by atoms with van der Waals surface area (Å²) in [6.07, 6.45) is -5.07. The second-order valence-corrected chi connectivity index (χ2v) is 10.2. The van der Waals surface area contributed by atoms with Crippen molar-refractivity contribution in [3.63, 3.8) is 0 Å². The molecule has 0 aromatic carbocycles. The minimum absolute atomic E-state index is 0.121. The molecule has 3 atom stereocenters. The minimum Gasteiger partial charge on any atom is -0.388 e. The summed E-state index contributed by atoms with van der Waals surface area (Å²) in [5.41, 5.74) is 0. The van der Waals surface area contributed by atoms with Crippen LogP contribution in [-0.2, 0) is 46.2 Å². The highest BCUT2D eigenvalue weighted by molar-refractivity contribution is 7.47. The van der Waals surface area contributed by atoms with Crippen molar-refractivity contribution in [1.82, 2.24) is 0 Å². The number of aliphatic hydroxyl groups excluding tert-OH is 4. The summed E-state index contributed by atoms with van der Waals surface area (Å²) in [7, 11) is -18.5. The summed E-state index contributed by atoms with van der Waals surface area (Å²) in [6, 6.07) is 0. The lowest BCUT2D eigenvalue weighted by Gasteiger charge is -2.15. The van der Waals surface area contributed by atoms with Crippen molar-refractivity contribution >= 4 is 49.3 Å². The Bertz CT molecular complexity index is 839. The van der Waals surface area contributed by atoms with Gasteiger partial charge in [-0.25, -0.2) is 18.3 Å². The molecule has 0 saturated carbocycles. The van der Waals surface area contributed by atoms with Gasteiger partial charge < -0.3 is 64.0 Å². The van der Waals surface area contributed by atoms with E-state index in [1.54, 1.807) is 0 Å². The van der Waals surface area contributed by atoms with Gasteiger partial charge >= 0.3 is 37.3 Å². The molecule has 13 N–H and O–H groups in total. The van der Waals surface area contributed by atoms with E-state index in [2.05, 4.69) is 13.6 Å². The molecule has 37 heavy (non-hydrogen) atoms. The zero-order chi connectivity index (χ0) is 30.8. The summed E-state index contributed by atoms with van der Waals surface area (Å²) in [4.78, 5) is 99.7. The molecule has 0 rings (SSSR count). The molecule has 224 valence electrons. The lowest BCUT2D eigenvalue weighted by Crippen LogP contribution is -2.38. The van der Waals surface area contributed by atoms with Crippen LogP contribution < -0.4 is 0 Å². The third kappa shape index (κ3) is 48.7. The van der Waals surface area contributed by atoms with Gasteiger partial charge in [0.25, 0.3) is 0 Å². The first-order valence-corrected chi connectivity index (χ1v) is 14.4. The molecular formula is C10H26O23P4. The molecular weight excluding hydrogens is 612 g/mol. The van der Waals surface area contributed by atoms with Crippen LogP contribution in [0, 0.1) is 0 Å². The molecule has 0 saturated heterocycles. The first-order chi connectivity index (χ1) is 16.1. The Hall–Kier alpha value is -0.870. The lowest BCUT2D eigenvalue weighted by molar-refractivity contribution is -0.137. The molecule has 0 spiro atoms. The summed E-state index contributed by atoms with van der Waals surface area (Å²) in [5.74, 6) is -2.05. The summed E-state index contributed by atoms with van der Waals surface area (Å²) < 4.78 is 49.7. The van der Waals surface area contributed by atoms with E-state index in [9.17, 15) is 28.1 Å². The third-order valence-corrected chi connectivity index (χ3v) is 3.55. The van der Waals surface area contributed by atoms with Crippen LogP contribution in [0.3, 0.4) is 0 Å². The van der Waals surface area contributed by atoms with E-state index in [4.69, 9.17) is 69.0 Å². The van der Waals surface area contributed by atoms with Gasteiger partial charge in [-0.1, -0.05) is 0 Å². The van der Waals surface area contributed by atoms with Crippen LogP contribution in [0.4, 0.5) is 0 Å². The standard InChI is InChI=1S/C5H11O8P.C3H7O6P.C2H5O5P.H3O4P/c6-1-3(7)5(9)4(8)2-13-14(10,11)12;4-1-3(5)2-9-10(6,7)8;1-2(3)7-8(4,5)6;1-5(2,3)4/h4-6,8-9H,1-2H2,(H2,10,11,12);1,3,5H,2H2,(H2,6,7,8);1H3,(H2,4,5,6);(H3,1,2,3,4)/t4-,5-;;;/m1.../s1. The average Bonchev–Trinajstić information content (AvgIpc) is 2.65. The normalized spacial score (nSPS) is 14.1. The Labute approximate surface area is 205 Å². The van der Waals surface area contributed by atoms with E-state index < -0.39 is 81.2 Å². The molecule has 0 aliphatic rings. The van der Waals surface area contributed by atoms with Crippen LogP contribution in [0.1, 0.15) is 6.92 Å². The number of rotatable bonds is 11. The quantitative estimate of drug-likeness (QED) is 0.0742. The second kappa shape index (κ2) is 20.1. The Kier molecular flexibility index (Phi) is 23.5. The van der Waals surface area contributed by atoms with E-state index in [0.717, 1.165) is 6.92 Å². The zero-order valence-corrected chi connectivity index (χ0v) is 21.7. The second-order valence-electron chi connectivity index (χ2n) is 5.50. The van der Waals surface area contributed by atoms with Crippen LogP contribution in [0.15, 0.2) is 0 Å². The van der Waals surface area contributed by atoms with E-state index in [0.29, 0.717) is 0 Å². The Morgan fingerprint density at radius 1 is 0.757 bits per heavy atom. The maximum Gasteiger partial charge on any atom is 0.526 e. The molecule has 0 aromatic rings. The fraction of sp³-hybridized carbons (Fsp3) is 0.700. The molecule has 0 fully saturated rings. The van der Waals surface area contributed by atoms with Crippen LogP contribution in [0.5, 0.6) is 0 Å². The summed E-state index contributed by atoms with van der Waals surface area (Å²) in [6.45, 7) is -1.65. The van der Waals surface area contributed by atoms with Crippen molar-refractivity contribution in [2.75, 3.05) is 19.8 Å². The maximum atomic E-state index is 10.6. The molecule has 27 heteroatoms. The van der Waals surface area contributed by atoms with Gasteiger partial charge in [-0.05, 0) is 0 Å². The number of aldehydes is 1. The molecule has 0 aromatic heterocycles. The van der Waals surface area contributed by atoms with Crippen molar-refractivity contribution < 1.29 is 111 Å². The molecule has 0 aliphatic carbocycles. The first kappa shape index (κ1) is 43.2. The van der Waals surface area contributed by atoms with Gasteiger partial charge in [0.15, 0.2) is 12.1 Å². The number of Topliss-reactive ketones (excluding diaryl/α,β-unsaturated/α-hetero) is 1.